The van der Waals surface area contributed by atoms with Gasteiger partial charge in [0.15, 0.2) is 11.5 Å². The zero-order chi connectivity index (χ0) is 20.8. The van der Waals surface area contributed by atoms with E-state index >= 15 is 0 Å². The third-order valence-electron chi connectivity index (χ3n) is 4.25. The molecule has 3 aromatic rings. The number of ether oxygens (including phenoxy) is 3. The SMILES string of the molecule is COc1ccc(NCc2cc(OC)c(OCc3cccc(Cl)c3)cc2Cl)cc1Cl. The molecule has 0 unspecified atom stereocenters. The first-order chi connectivity index (χ1) is 14.0. The fraction of sp³-hybridized carbons (Fsp3) is 0.182. The summed E-state index contributed by atoms with van der Waals surface area (Å²) >= 11 is 18.7. The average Bonchev–Trinajstić information content (AvgIpc) is 2.71. The van der Waals surface area contributed by atoms with Crippen LogP contribution in [0, 0.1) is 0 Å². The van der Waals surface area contributed by atoms with Gasteiger partial charge in [0.25, 0.3) is 0 Å². The first-order valence-corrected chi connectivity index (χ1v) is 9.94. The second-order valence-electron chi connectivity index (χ2n) is 6.22. The fourth-order valence-electron chi connectivity index (χ4n) is 2.75. The molecule has 0 fully saturated rings. The predicted octanol–water partition coefficient (Wildman–Crippen LogP) is 6.86. The van der Waals surface area contributed by atoms with E-state index in [1.54, 1.807) is 32.4 Å². The molecular formula is C22H20Cl3NO3. The van der Waals surface area contributed by atoms with Crippen molar-refractivity contribution in [3.8, 4) is 17.2 Å². The van der Waals surface area contributed by atoms with Crippen LogP contribution in [-0.2, 0) is 13.2 Å². The normalized spacial score (nSPS) is 10.5. The zero-order valence-electron chi connectivity index (χ0n) is 16.0. The molecule has 0 saturated heterocycles. The number of anilines is 1. The molecule has 0 spiro atoms. The molecule has 0 aliphatic carbocycles. The van der Waals surface area contributed by atoms with Crippen LogP contribution < -0.4 is 19.5 Å². The van der Waals surface area contributed by atoms with Gasteiger partial charge in [-0.05, 0) is 47.5 Å². The van der Waals surface area contributed by atoms with Gasteiger partial charge in [-0.15, -0.1) is 0 Å². The third kappa shape index (κ3) is 5.63. The molecule has 0 aliphatic rings. The molecule has 0 aliphatic heterocycles. The molecule has 0 radical (unpaired) electrons. The van der Waals surface area contributed by atoms with E-state index < -0.39 is 0 Å². The number of benzene rings is 3. The van der Waals surface area contributed by atoms with Crippen molar-refractivity contribution in [2.75, 3.05) is 19.5 Å². The first kappa shape index (κ1) is 21.4. The summed E-state index contributed by atoms with van der Waals surface area (Å²) in [4.78, 5) is 0. The van der Waals surface area contributed by atoms with E-state index in [0.29, 0.717) is 45.5 Å². The van der Waals surface area contributed by atoms with Crippen molar-refractivity contribution in [2.24, 2.45) is 0 Å². The van der Waals surface area contributed by atoms with E-state index in [0.717, 1.165) is 16.8 Å². The molecule has 4 nitrogen and oxygen atoms in total. The van der Waals surface area contributed by atoms with E-state index in [1.807, 2.05) is 36.4 Å². The molecular weight excluding hydrogens is 433 g/mol. The Balaban J connectivity index is 1.71. The molecule has 1 N–H and O–H groups in total. The summed E-state index contributed by atoms with van der Waals surface area (Å²) in [6, 6.07) is 16.6. The van der Waals surface area contributed by atoms with E-state index in [2.05, 4.69) is 5.32 Å². The number of methoxy groups -OCH3 is 2. The lowest BCUT2D eigenvalue weighted by atomic mass is 10.2. The van der Waals surface area contributed by atoms with Crippen molar-refractivity contribution in [1.82, 2.24) is 0 Å². The summed E-state index contributed by atoms with van der Waals surface area (Å²) in [6.07, 6.45) is 0. The Kier molecular flexibility index (Phi) is 7.37. The van der Waals surface area contributed by atoms with E-state index in [1.165, 1.54) is 0 Å². The van der Waals surface area contributed by atoms with Gasteiger partial charge in [-0.2, -0.15) is 0 Å². The Morgan fingerprint density at radius 1 is 0.793 bits per heavy atom. The first-order valence-electron chi connectivity index (χ1n) is 8.81. The molecule has 29 heavy (non-hydrogen) atoms. The maximum Gasteiger partial charge on any atom is 0.163 e. The monoisotopic (exact) mass is 451 g/mol. The molecule has 7 heteroatoms. The van der Waals surface area contributed by atoms with Gasteiger partial charge in [0.05, 0.1) is 19.2 Å². The van der Waals surface area contributed by atoms with Crippen molar-refractivity contribution in [3.05, 3.63) is 80.8 Å². The highest BCUT2D eigenvalue weighted by molar-refractivity contribution is 6.32. The zero-order valence-corrected chi connectivity index (χ0v) is 18.2. The van der Waals surface area contributed by atoms with Crippen LogP contribution in [0.5, 0.6) is 17.2 Å². The molecule has 0 atom stereocenters. The number of nitrogens with one attached hydrogen (secondary N) is 1. The molecule has 3 rings (SSSR count). The maximum atomic E-state index is 6.47. The topological polar surface area (TPSA) is 39.7 Å². The molecule has 0 bridgehead atoms. The highest BCUT2D eigenvalue weighted by atomic mass is 35.5. The Morgan fingerprint density at radius 3 is 2.28 bits per heavy atom. The van der Waals surface area contributed by atoms with E-state index in [-0.39, 0.29) is 0 Å². The average molecular weight is 453 g/mol. The summed E-state index contributed by atoms with van der Waals surface area (Å²) in [5.41, 5.74) is 2.68. The lowest BCUT2D eigenvalue weighted by molar-refractivity contribution is 0.284. The molecule has 0 aromatic heterocycles. The number of hydrogen-bond donors (Lipinski definition) is 1. The van der Waals surface area contributed by atoms with Crippen molar-refractivity contribution >= 4 is 40.5 Å². The molecule has 0 heterocycles. The number of rotatable bonds is 8. The Hall–Kier alpha value is -2.27. The molecule has 152 valence electrons. The minimum Gasteiger partial charge on any atom is -0.495 e. The Labute approximate surface area is 185 Å². The second kappa shape index (κ2) is 9.97. The predicted molar refractivity (Wildman–Crippen MR) is 119 cm³/mol. The maximum absolute atomic E-state index is 6.47. The second-order valence-corrected chi connectivity index (χ2v) is 7.47. The van der Waals surface area contributed by atoms with Crippen LogP contribution in [-0.4, -0.2) is 14.2 Å². The number of hydrogen-bond acceptors (Lipinski definition) is 4. The van der Waals surface area contributed by atoms with Crippen LogP contribution >= 0.6 is 34.8 Å². The van der Waals surface area contributed by atoms with Gasteiger partial charge in [-0.25, -0.2) is 0 Å². The van der Waals surface area contributed by atoms with Gasteiger partial charge >= 0.3 is 0 Å². The van der Waals surface area contributed by atoms with Gasteiger partial charge in [-0.3, -0.25) is 0 Å². The van der Waals surface area contributed by atoms with Crippen LogP contribution in [0.25, 0.3) is 0 Å². The summed E-state index contributed by atoms with van der Waals surface area (Å²) in [5.74, 6) is 1.79. The summed E-state index contributed by atoms with van der Waals surface area (Å²) in [5, 5.41) is 5.06. The van der Waals surface area contributed by atoms with Crippen LogP contribution in [0.3, 0.4) is 0 Å². The van der Waals surface area contributed by atoms with E-state index in [9.17, 15) is 0 Å². The minimum absolute atomic E-state index is 0.356. The number of halogens is 3. The summed E-state index contributed by atoms with van der Waals surface area (Å²) in [6.45, 7) is 0.849. The van der Waals surface area contributed by atoms with Gasteiger partial charge in [0.2, 0.25) is 0 Å². The van der Waals surface area contributed by atoms with E-state index in [4.69, 9.17) is 49.0 Å². The Bertz CT molecular complexity index is 995. The minimum atomic E-state index is 0.356. The largest absolute Gasteiger partial charge is 0.495 e. The van der Waals surface area contributed by atoms with Crippen molar-refractivity contribution < 1.29 is 14.2 Å². The lowest BCUT2D eigenvalue weighted by Crippen LogP contribution is -2.03. The summed E-state index contributed by atoms with van der Waals surface area (Å²) in [7, 11) is 3.17. The van der Waals surface area contributed by atoms with Gasteiger partial charge in [0, 0.05) is 28.3 Å². The van der Waals surface area contributed by atoms with Crippen molar-refractivity contribution in [2.45, 2.75) is 13.2 Å². The van der Waals surface area contributed by atoms with Gasteiger partial charge < -0.3 is 19.5 Å². The Morgan fingerprint density at radius 2 is 1.59 bits per heavy atom. The van der Waals surface area contributed by atoms with Crippen LogP contribution in [0.4, 0.5) is 5.69 Å². The van der Waals surface area contributed by atoms with Crippen molar-refractivity contribution in [3.63, 3.8) is 0 Å². The highest BCUT2D eigenvalue weighted by Crippen LogP contribution is 2.35. The standard InChI is InChI=1S/C22H20Cl3NO3/c1-27-20-7-6-17(10-19(20)25)26-12-15-9-21(28-2)22(11-18(15)24)29-13-14-4-3-5-16(23)8-14/h3-11,26H,12-13H2,1-2H3. The molecule has 0 saturated carbocycles. The third-order valence-corrected chi connectivity index (χ3v) is 5.13. The van der Waals surface area contributed by atoms with Crippen LogP contribution in [0.2, 0.25) is 15.1 Å². The highest BCUT2D eigenvalue weighted by Gasteiger charge is 2.12. The lowest BCUT2D eigenvalue weighted by Gasteiger charge is -2.15. The van der Waals surface area contributed by atoms with Crippen LogP contribution in [0.1, 0.15) is 11.1 Å². The molecule has 0 amide bonds. The van der Waals surface area contributed by atoms with Gasteiger partial charge in [0.1, 0.15) is 12.4 Å². The molecule has 3 aromatic carbocycles. The van der Waals surface area contributed by atoms with Crippen molar-refractivity contribution in [1.29, 1.82) is 0 Å². The summed E-state index contributed by atoms with van der Waals surface area (Å²) < 4.78 is 16.5. The smallest absolute Gasteiger partial charge is 0.163 e. The quantitative estimate of drug-likeness (QED) is 0.405. The fourth-order valence-corrected chi connectivity index (χ4v) is 3.44. The van der Waals surface area contributed by atoms with Crippen LogP contribution in [0.15, 0.2) is 54.6 Å². The van der Waals surface area contributed by atoms with Gasteiger partial charge in [-0.1, -0.05) is 46.9 Å².